The van der Waals surface area contributed by atoms with Crippen LogP contribution in [0.4, 0.5) is 5.69 Å². The van der Waals surface area contributed by atoms with Gasteiger partial charge < -0.3 is 9.73 Å². The van der Waals surface area contributed by atoms with Gasteiger partial charge in [0.1, 0.15) is 22.9 Å². The normalized spacial score (nSPS) is 11.3. The average molecular weight is 493 g/mol. The molecule has 0 aliphatic rings. The van der Waals surface area contributed by atoms with Crippen molar-refractivity contribution in [3.63, 3.8) is 0 Å². The van der Waals surface area contributed by atoms with E-state index in [0.29, 0.717) is 27.2 Å². The number of para-hydroxylation sites is 3. The summed E-state index contributed by atoms with van der Waals surface area (Å²) in [7, 11) is 0. The first kappa shape index (κ1) is 22.8. The monoisotopic (exact) mass is 492 g/mol. The van der Waals surface area contributed by atoms with Crippen molar-refractivity contribution in [1.82, 2.24) is 9.78 Å². The highest BCUT2D eigenvalue weighted by Crippen LogP contribution is 2.27. The van der Waals surface area contributed by atoms with Crippen LogP contribution in [0, 0.1) is 11.3 Å². The van der Waals surface area contributed by atoms with Crippen LogP contribution < -0.4 is 10.9 Å². The van der Waals surface area contributed by atoms with Crippen LogP contribution >= 0.6 is 11.6 Å². The fourth-order valence-electron chi connectivity index (χ4n) is 3.70. The number of halogens is 1. The molecule has 2 aromatic heterocycles. The number of hydrogen-bond donors (Lipinski definition) is 1. The SMILES string of the molecule is N#C/C(=C/c1cn(-c2ccccc2)nc1-c1cc2ccccc2oc1=O)C(=O)Nc1ccccc1Cl. The number of amides is 1. The largest absolute Gasteiger partial charge is 0.422 e. The number of rotatable bonds is 5. The van der Waals surface area contributed by atoms with Gasteiger partial charge in [-0.3, -0.25) is 4.79 Å². The number of hydrogen-bond acceptors (Lipinski definition) is 5. The van der Waals surface area contributed by atoms with E-state index in [9.17, 15) is 14.9 Å². The maximum atomic E-state index is 12.9. The third kappa shape index (κ3) is 4.53. The Bertz CT molecular complexity index is 1730. The standard InChI is InChI=1S/C28H17ClN4O3/c29-23-11-5-6-12-24(23)31-27(34)19(16-30)14-20-17-33(21-9-2-1-3-10-21)32-26(20)22-15-18-8-4-7-13-25(18)36-28(22)35/h1-15,17H,(H,31,34)/b19-14-. The smallest absolute Gasteiger partial charge is 0.345 e. The second-order valence-corrected chi connectivity index (χ2v) is 8.21. The molecule has 36 heavy (non-hydrogen) atoms. The number of aromatic nitrogens is 2. The summed E-state index contributed by atoms with van der Waals surface area (Å²) < 4.78 is 7.08. The molecule has 0 saturated heterocycles. The van der Waals surface area contributed by atoms with Gasteiger partial charge in [-0.2, -0.15) is 10.4 Å². The first-order chi connectivity index (χ1) is 17.5. The van der Waals surface area contributed by atoms with Gasteiger partial charge in [0.25, 0.3) is 5.91 Å². The lowest BCUT2D eigenvalue weighted by atomic mass is 10.1. The van der Waals surface area contributed by atoms with Gasteiger partial charge in [-0.15, -0.1) is 0 Å². The lowest BCUT2D eigenvalue weighted by Crippen LogP contribution is -2.13. The molecule has 1 amide bonds. The van der Waals surface area contributed by atoms with E-state index in [1.807, 2.05) is 48.5 Å². The minimum Gasteiger partial charge on any atom is -0.422 e. The van der Waals surface area contributed by atoms with E-state index < -0.39 is 11.5 Å². The van der Waals surface area contributed by atoms with Crippen molar-refractivity contribution in [1.29, 1.82) is 5.26 Å². The number of nitrogens with zero attached hydrogens (tertiary/aromatic N) is 3. The van der Waals surface area contributed by atoms with Crippen molar-refractivity contribution in [2.24, 2.45) is 0 Å². The zero-order valence-electron chi connectivity index (χ0n) is 18.7. The molecule has 8 heteroatoms. The molecular weight excluding hydrogens is 476 g/mol. The molecule has 1 N–H and O–H groups in total. The number of fused-ring (bicyclic) bond motifs is 1. The van der Waals surface area contributed by atoms with Crippen LogP contribution in [0.1, 0.15) is 5.56 Å². The first-order valence-corrected chi connectivity index (χ1v) is 11.3. The molecule has 0 fully saturated rings. The molecule has 0 bridgehead atoms. The summed E-state index contributed by atoms with van der Waals surface area (Å²) in [5.41, 5.74) is 1.67. The van der Waals surface area contributed by atoms with Crippen LogP contribution in [-0.4, -0.2) is 15.7 Å². The Morgan fingerprint density at radius 1 is 1.03 bits per heavy atom. The van der Waals surface area contributed by atoms with E-state index in [4.69, 9.17) is 16.0 Å². The molecule has 5 aromatic rings. The molecule has 174 valence electrons. The first-order valence-electron chi connectivity index (χ1n) is 10.9. The Labute approximate surface area is 210 Å². The van der Waals surface area contributed by atoms with Crippen molar-refractivity contribution in [2.75, 3.05) is 5.32 Å². The van der Waals surface area contributed by atoms with E-state index in [2.05, 4.69) is 10.4 Å². The Kier molecular flexibility index (Phi) is 6.18. The van der Waals surface area contributed by atoms with E-state index in [1.165, 1.54) is 6.08 Å². The van der Waals surface area contributed by atoms with Crippen LogP contribution in [-0.2, 0) is 4.79 Å². The quantitative estimate of drug-likeness (QED) is 0.188. The molecule has 2 heterocycles. The molecule has 0 spiro atoms. The molecule has 5 rings (SSSR count). The zero-order chi connectivity index (χ0) is 25.1. The highest BCUT2D eigenvalue weighted by atomic mass is 35.5. The van der Waals surface area contributed by atoms with Crippen molar-refractivity contribution in [3.8, 4) is 23.0 Å². The second kappa shape index (κ2) is 9.74. The fourth-order valence-corrected chi connectivity index (χ4v) is 3.88. The number of anilines is 1. The highest BCUT2D eigenvalue weighted by Gasteiger charge is 2.19. The Morgan fingerprint density at radius 2 is 1.75 bits per heavy atom. The van der Waals surface area contributed by atoms with E-state index in [-0.39, 0.29) is 16.8 Å². The van der Waals surface area contributed by atoms with Gasteiger partial charge in [0.2, 0.25) is 0 Å². The maximum absolute atomic E-state index is 12.9. The predicted octanol–water partition coefficient (Wildman–Crippen LogP) is 5.84. The fraction of sp³-hybridized carbons (Fsp3) is 0. The van der Waals surface area contributed by atoms with Gasteiger partial charge in [-0.05, 0) is 42.5 Å². The number of nitriles is 1. The molecule has 0 atom stereocenters. The van der Waals surface area contributed by atoms with Gasteiger partial charge in [0.05, 0.1) is 22.0 Å². The van der Waals surface area contributed by atoms with Gasteiger partial charge in [-0.1, -0.05) is 60.1 Å². The van der Waals surface area contributed by atoms with Crippen LogP contribution in [0.5, 0.6) is 0 Å². The van der Waals surface area contributed by atoms with Crippen molar-refractivity contribution in [3.05, 3.63) is 118 Å². The van der Waals surface area contributed by atoms with Crippen LogP contribution in [0.3, 0.4) is 0 Å². The second-order valence-electron chi connectivity index (χ2n) is 7.80. The maximum Gasteiger partial charge on any atom is 0.345 e. The van der Waals surface area contributed by atoms with Crippen molar-refractivity contribution in [2.45, 2.75) is 0 Å². The van der Waals surface area contributed by atoms with Gasteiger partial charge >= 0.3 is 5.63 Å². The molecule has 0 radical (unpaired) electrons. The number of nitrogens with one attached hydrogen (secondary N) is 1. The minimum absolute atomic E-state index is 0.186. The van der Waals surface area contributed by atoms with Gasteiger partial charge in [-0.25, -0.2) is 9.48 Å². The summed E-state index contributed by atoms with van der Waals surface area (Å²) >= 11 is 6.14. The Morgan fingerprint density at radius 3 is 2.53 bits per heavy atom. The average Bonchev–Trinajstić information content (AvgIpc) is 3.32. The molecule has 7 nitrogen and oxygen atoms in total. The van der Waals surface area contributed by atoms with E-state index >= 15 is 0 Å². The Hall–Kier alpha value is -4.93. The van der Waals surface area contributed by atoms with Gasteiger partial charge in [0, 0.05) is 17.1 Å². The number of carbonyl (C=O) groups is 1. The van der Waals surface area contributed by atoms with Gasteiger partial charge in [0.15, 0.2) is 0 Å². The summed E-state index contributed by atoms with van der Waals surface area (Å²) in [6.45, 7) is 0. The molecule has 0 aliphatic carbocycles. The summed E-state index contributed by atoms with van der Waals surface area (Å²) in [5.74, 6) is -0.644. The molecular formula is C28H17ClN4O3. The summed E-state index contributed by atoms with van der Waals surface area (Å²) in [6, 6.07) is 26.8. The molecule has 0 unspecified atom stereocenters. The lowest BCUT2D eigenvalue weighted by Gasteiger charge is -2.06. The zero-order valence-corrected chi connectivity index (χ0v) is 19.4. The summed E-state index contributed by atoms with van der Waals surface area (Å²) in [4.78, 5) is 25.8. The highest BCUT2D eigenvalue weighted by molar-refractivity contribution is 6.34. The van der Waals surface area contributed by atoms with Crippen LogP contribution in [0.25, 0.3) is 34.0 Å². The van der Waals surface area contributed by atoms with E-state index in [0.717, 1.165) is 5.69 Å². The van der Waals surface area contributed by atoms with E-state index in [1.54, 1.807) is 53.3 Å². The summed E-state index contributed by atoms with van der Waals surface area (Å²) in [5, 5.41) is 18.1. The predicted molar refractivity (Wildman–Crippen MR) is 139 cm³/mol. The minimum atomic E-state index is -0.644. The number of benzene rings is 3. The number of carbonyl (C=O) groups excluding carboxylic acids is 1. The molecule has 3 aromatic carbocycles. The molecule has 0 saturated carbocycles. The third-order valence-corrected chi connectivity index (χ3v) is 5.78. The third-order valence-electron chi connectivity index (χ3n) is 5.45. The lowest BCUT2D eigenvalue weighted by molar-refractivity contribution is -0.112. The topological polar surface area (TPSA) is 101 Å². The van der Waals surface area contributed by atoms with Crippen molar-refractivity contribution < 1.29 is 9.21 Å². The Balaban J connectivity index is 1.64. The molecule has 0 aliphatic heterocycles. The van der Waals surface area contributed by atoms with Crippen molar-refractivity contribution >= 4 is 40.2 Å². The van der Waals surface area contributed by atoms with Crippen LogP contribution in [0.15, 0.2) is 106 Å². The summed E-state index contributed by atoms with van der Waals surface area (Å²) in [6.07, 6.45) is 3.04. The van der Waals surface area contributed by atoms with Crippen LogP contribution in [0.2, 0.25) is 5.02 Å².